The molecule has 6 heteroatoms. The molecule has 1 aliphatic carbocycles. The Balaban J connectivity index is 1.39. The molecular formula is C27H27N3O3. The number of H-pyrrole nitrogens is 1. The number of aliphatic carboxylic acids is 1. The molecule has 33 heavy (non-hydrogen) atoms. The van der Waals surface area contributed by atoms with Crippen molar-refractivity contribution in [2.24, 2.45) is 0 Å². The normalized spacial score (nSPS) is 14.9. The Morgan fingerprint density at radius 2 is 1.88 bits per heavy atom. The number of carbonyl (C=O) groups is 1. The number of rotatable bonds is 8. The second-order valence-corrected chi connectivity index (χ2v) is 8.53. The van der Waals surface area contributed by atoms with Gasteiger partial charge in [-0.15, -0.1) is 0 Å². The fourth-order valence-electron chi connectivity index (χ4n) is 4.71. The molecule has 0 saturated carbocycles. The predicted octanol–water partition coefficient (Wildman–Crippen LogP) is 4.80. The molecular weight excluding hydrogens is 414 g/mol. The lowest BCUT2D eigenvalue weighted by Crippen LogP contribution is -2.32. The smallest absolute Gasteiger partial charge is 0.346 e. The van der Waals surface area contributed by atoms with Gasteiger partial charge in [0.05, 0.1) is 12.7 Å². The molecule has 5 rings (SSSR count). The summed E-state index contributed by atoms with van der Waals surface area (Å²) >= 11 is 0. The van der Waals surface area contributed by atoms with Crippen molar-refractivity contribution in [1.29, 1.82) is 0 Å². The van der Waals surface area contributed by atoms with Gasteiger partial charge in [-0.3, -0.25) is 4.68 Å². The third kappa shape index (κ3) is 4.55. The minimum Gasteiger partial charge on any atom is -0.478 e. The molecule has 0 amide bonds. The third-order valence-electron chi connectivity index (χ3n) is 6.33. The Kier molecular flexibility index (Phi) is 5.98. The summed E-state index contributed by atoms with van der Waals surface area (Å²) in [6, 6.07) is 18.2. The van der Waals surface area contributed by atoms with Crippen molar-refractivity contribution >= 4 is 5.97 Å². The Morgan fingerprint density at radius 1 is 1.03 bits per heavy atom. The van der Waals surface area contributed by atoms with Crippen LogP contribution >= 0.6 is 0 Å². The number of carboxylic acids is 1. The first-order chi connectivity index (χ1) is 16.2. The third-order valence-corrected chi connectivity index (χ3v) is 6.33. The van der Waals surface area contributed by atoms with E-state index in [9.17, 15) is 9.90 Å². The van der Waals surface area contributed by atoms with Crippen LogP contribution in [0, 0.1) is 0 Å². The Labute approximate surface area is 192 Å². The zero-order valence-electron chi connectivity index (χ0n) is 18.4. The molecule has 2 heterocycles. The molecule has 168 valence electrons. The first-order valence-electron chi connectivity index (χ1n) is 11.4. The maximum absolute atomic E-state index is 12.1. The summed E-state index contributed by atoms with van der Waals surface area (Å²) in [4.78, 5) is 15.2. The van der Waals surface area contributed by atoms with E-state index >= 15 is 0 Å². The van der Waals surface area contributed by atoms with Crippen molar-refractivity contribution in [2.75, 3.05) is 0 Å². The number of hydrogen-bond donors (Lipinski definition) is 2. The molecule has 2 aromatic carbocycles. The van der Waals surface area contributed by atoms with Crippen LogP contribution in [0.1, 0.15) is 46.6 Å². The van der Waals surface area contributed by atoms with Gasteiger partial charge in [0.1, 0.15) is 5.75 Å². The van der Waals surface area contributed by atoms with Crippen molar-refractivity contribution in [3.8, 4) is 5.75 Å². The average Bonchev–Trinajstić information content (AvgIpc) is 3.53. The first-order valence-corrected chi connectivity index (χ1v) is 11.4. The molecule has 2 aromatic heterocycles. The van der Waals surface area contributed by atoms with Gasteiger partial charge >= 0.3 is 5.97 Å². The van der Waals surface area contributed by atoms with E-state index in [0.717, 1.165) is 41.5 Å². The molecule has 1 aliphatic rings. The summed E-state index contributed by atoms with van der Waals surface area (Å²) < 4.78 is 7.71. The highest BCUT2D eigenvalue weighted by Crippen LogP contribution is 2.32. The van der Waals surface area contributed by atoms with Gasteiger partial charge in [-0.05, 0) is 60.1 Å². The van der Waals surface area contributed by atoms with Crippen LogP contribution in [0.15, 0.2) is 79.4 Å². The van der Waals surface area contributed by atoms with Crippen LogP contribution < -0.4 is 4.74 Å². The van der Waals surface area contributed by atoms with Gasteiger partial charge < -0.3 is 14.8 Å². The molecule has 2 unspecified atom stereocenters. The zero-order chi connectivity index (χ0) is 22.6. The lowest BCUT2D eigenvalue weighted by atomic mass is 9.88. The minimum absolute atomic E-state index is 0.0107. The van der Waals surface area contributed by atoms with Gasteiger partial charge in [0.2, 0.25) is 6.10 Å². The van der Waals surface area contributed by atoms with Crippen LogP contribution in [0.4, 0.5) is 0 Å². The molecule has 0 fully saturated rings. The molecule has 2 N–H and O–H groups in total. The largest absolute Gasteiger partial charge is 0.478 e. The van der Waals surface area contributed by atoms with Gasteiger partial charge in [-0.1, -0.05) is 42.5 Å². The topological polar surface area (TPSA) is 80.1 Å². The Bertz CT molecular complexity index is 1210. The molecule has 0 saturated heterocycles. The zero-order valence-corrected chi connectivity index (χ0v) is 18.4. The highest BCUT2D eigenvalue weighted by Gasteiger charge is 2.25. The second-order valence-electron chi connectivity index (χ2n) is 8.53. The fourth-order valence-corrected chi connectivity index (χ4v) is 4.71. The number of benzene rings is 2. The molecule has 4 aromatic rings. The van der Waals surface area contributed by atoms with Gasteiger partial charge in [0.25, 0.3) is 0 Å². The van der Waals surface area contributed by atoms with Crippen molar-refractivity contribution in [3.63, 3.8) is 0 Å². The quantitative estimate of drug-likeness (QED) is 0.412. The monoisotopic (exact) mass is 441 g/mol. The number of fused-ring (bicyclic) bond motifs is 1. The highest BCUT2D eigenvalue weighted by atomic mass is 16.5. The van der Waals surface area contributed by atoms with E-state index in [-0.39, 0.29) is 12.5 Å². The maximum atomic E-state index is 12.1. The van der Waals surface area contributed by atoms with Crippen LogP contribution in [-0.2, 0) is 24.2 Å². The summed E-state index contributed by atoms with van der Waals surface area (Å²) in [6.45, 7) is 0.133. The van der Waals surface area contributed by atoms with Crippen molar-refractivity contribution in [2.45, 2.75) is 44.2 Å². The molecule has 0 aliphatic heterocycles. The molecule has 2 atom stereocenters. The maximum Gasteiger partial charge on any atom is 0.346 e. The second kappa shape index (κ2) is 9.36. The SMILES string of the molecule is O=C(O)C(Cn1cc(C(c2ccccc2)c2cc[nH]c2)cn1)Oc1cccc2c1CCCC2. The van der Waals surface area contributed by atoms with Crippen LogP contribution in [0.25, 0.3) is 0 Å². The van der Waals surface area contributed by atoms with E-state index < -0.39 is 12.1 Å². The summed E-state index contributed by atoms with van der Waals surface area (Å²) in [7, 11) is 0. The summed E-state index contributed by atoms with van der Waals surface area (Å²) in [5.74, 6) is -0.302. The van der Waals surface area contributed by atoms with Crippen LogP contribution in [-0.4, -0.2) is 31.9 Å². The van der Waals surface area contributed by atoms with Gasteiger partial charge in [-0.2, -0.15) is 5.10 Å². The summed E-state index contributed by atoms with van der Waals surface area (Å²) in [5, 5.41) is 14.4. The number of aromatic amines is 1. The van der Waals surface area contributed by atoms with Crippen LogP contribution in [0.2, 0.25) is 0 Å². The van der Waals surface area contributed by atoms with Crippen LogP contribution in [0.3, 0.4) is 0 Å². The van der Waals surface area contributed by atoms with E-state index in [1.165, 1.54) is 12.0 Å². The lowest BCUT2D eigenvalue weighted by molar-refractivity contribution is -0.145. The standard InChI is InChI=1S/C27H27N3O3/c31-27(32)25(33-24-12-6-10-19-7-4-5-11-23(19)24)18-30-17-22(16-29-30)26(21-13-14-28-15-21)20-8-2-1-3-9-20/h1-3,6,8-10,12-17,25-26,28H,4-5,7,11,18H2,(H,31,32). The number of nitrogens with zero attached hydrogens (tertiary/aromatic N) is 2. The molecule has 6 nitrogen and oxygen atoms in total. The number of aromatic nitrogens is 3. The average molecular weight is 442 g/mol. The van der Waals surface area contributed by atoms with Crippen molar-refractivity contribution < 1.29 is 14.6 Å². The van der Waals surface area contributed by atoms with Gasteiger partial charge in [-0.25, -0.2) is 4.79 Å². The van der Waals surface area contributed by atoms with Crippen molar-refractivity contribution in [1.82, 2.24) is 14.8 Å². The first kappa shape index (κ1) is 21.1. The number of hydrogen-bond acceptors (Lipinski definition) is 3. The van der Waals surface area contributed by atoms with E-state index in [1.807, 2.05) is 55.1 Å². The van der Waals surface area contributed by atoms with Crippen LogP contribution in [0.5, 0.6) is 5.75 Å². The Morgan fingerprint density at radius 3 is 2.67 bits per heavy atom. The van der Waals surface area contributed by atoms with Gasteiger partial charge in [0.15, 0.2) is 0 Å². The molecule has 0 bridgehead atoms. The molecule has 0 radical (unpaired) electrons. The van der Waals surface area contributed by atoms with E-state index in [4.69, 9.17) is 4.74 Å². The fraction of sp³-hybridized carbons (Fsp3) is 0.259. The minimum atomic E-state index is -1.02. The van der Waals surface area contributed by atoms with E-state index in [0.29, 0.717) is 5.75 Å². The highest BCUT2D eigenvalue weighted by molar-refractivity contribution is 5.72. The van der Waals surface area contributed by atoms with Gasteiger partial charge in [0, 0.05) is 30.1 Å². The molecule has 0 spiro atoms. The predicted molar refractivity (Wildman–Crippen MR) is 126 cm³/mol. The van der Waals surface area contributed by atoms with E-state index in [2.05, 4.69) is 34.3 Å². The summed E-state index contributed by atoms with van der Waals surface area (Å²) in [5.41, 5.74) is 5.69. The number of carboxylic acid groups (broad SMARTS) is 1. The number of aryl methyl sites for hydroxylation is 1. The van der Waals surface area contributed by atoms with E-state index in [1.54, 1.807) is 4.68 Å². The number of ether oxygens (including phenoxy) is 1. The summed E-state index contributed by atoms with van der Waals surface area (Å²) in [6.07, 6.45) is 10.8. The lowest BCUT2D eigenvalue weighted by Gasteiger charge is -2.22. The Hall–Kier alpha value is -3.80. The van der Waals surface area contributed by atoms with Crippen molar-refractivity contribution in [3.05, 3.63) is 107 Å². The number of nitrogens with one attached hydrogen (secondary N) is 1.